The van der Waals surface area contributed by atoms with Gasteiger partial charge >= 0.3 is 0 Å². The van der Waals surface area contributed by atoms with Crippen molar-refractivity contribution in [2.45, 2.75) is 26.3 Å². The standard InChI is InChI=1S/C12H18N4O2/c1-3-11(12(13)16-18)15-10-6-4-9(5-7-10)14-8(2)17/h4-7,11,15,18H,3H2,1-2H3,(H2,13,16)(H,14,17). The Morgan fingerprint density at radius 1 is 1.39 bits per heavy atom. The fraction of sp³-hybridized carbons (Fsp3) is 0.333. The summed E-state index contributed by atoms with van der Waals surface area (Å²) in [5, 5.41) is 17.4. The predicted octanol–water partition coefficient (Wildman–Crippen LogP) is 1.58. The minimum absolute atomic E-state index is 0.112. The van der Waals surface area contributed by atoms with E-state index >= 15 is 0 Å². The number of amidine groups is 1. The molecule has 0 aliphatic carbocycles. The molecule has 1 rings (SSSR count). The third-order valence-corrected chi connectivity index (χ3v) is 2.43. The average Bonchev–Trinajstić information content (AvgIpc) is 2.36. The molecule has 1 aromatic rings. The average molecular weight is 250 g/mol. The molecule has 18 heavy (non-hydrogen) atoms. The van der Waals surface area contributed by atoms with Crippen LogP contribution in [0.3, 0.4) is 0 Å². The molecule has 0 radical (unpaired) electrons. The number of benzene rings is 1. The summed E-state index contributed by atoms with van der Waals surface area (Å²) >= 11 is 0. The fourth-order valence-electron chi connectivity index (χ4n) is 1.51. The maximum Gasteiger partial charge on any atom is 0.221 e. The molecule has 1 unspecified atom stereocenters. The molecule has 0 heterocycles. The van der Waals surface area contributed by atoms with E-state index in [1.54, 1.807) is 12.1 Å². The van der Waals surface area contributed by atoms with Gasteiger partial charge in [0.2, 0.25) is 5.91 Å². The van der Waals surface area contributed by atoms with Crippen molar-refractivity contribution in [2.75, 3.05) is 10.6 Å². The lowest BCUT2D eigenvalue weighted by Gasteiger charge is -2.16. The van der Waals surface area contributed by atoms with Crippen molar-refractivity contribution in [1.82, 2.24) is 0 Å². The molecular formula is C12H18N4O2. The monoisotopic (exact) mass is 250 g/mol. The lowest BCUT2D eigenvalue weighted by molar-refractivity contribution is -0.114. The van der Waals surface area contributed by atoms with E-state index in [1.165, 1.54) is 6.92 Å². The van der Waals surface area contributed by atoms with Gasteiger partial charge in [0, 0.05) is 18.3 Å². The van der Waals surface area contributed by atoms with Gasteiger partial charge in [-0.05, 0) is 30.7 Å². The van der Waals surface area contributed by atoms with E-state index < -0.39 is 0 Å². The summed E-state index contributed by atoms with van der Waals surface area (Å²) in [5.74, 6) is 0.0299. The normalized spacial score (nSPS) is 12.9. The lowest BCUT2D eigenvalue weighted by atomic mass is 10.2. The summed E-state index contributed by atoms with van der Waals surface area (Å²) in [5.41, 5.74) is 7.11. The number of hydrogen-bond acceptors (Lipinski definition) is 4. The third kappa shape index (κ3) is 3.97. The number of amides is 1. The summed E-state index contributed by atoms with van der Waals surface area (Å²) in [6.45, 7) is 3.39. The van der Waals surface area contributed by atoms with Crippen molar-refractivity contribution in [3.05, 3.63) is 24.3 Å². The first-order valence-electron chi connectivity index (χ1n) is 5.68. The topological polar surface area (TPSA) is 99.7 Å². The van der Waals surface area contributed by atoms with Crippen molar-refractivity contribution in [3.8, 4) is 0 Å². The number of oxime groups is 1. The van der Waals surface area contributed by atoms with Crippen LogP contribution in [0.2, 0.25) is 0 Å². The smallest absolute Gasteiger partial charge is 0.221 e. The Bertz CT molecular complexity index is 428. The molecular weight excluding hydrogens is 232 g/mol. The molecule has 0 aromatic heterocycles. The number of rotatable bonds is 5. The molecule has 0 spiro atoms. The van der Waals surface area contributed by atoms with Gasteiger partial charge in [-0.25, -0.2) is 0 Å². The van der Waals surface area contributed by atoms with Crippen LogP contribution in [0.15, 0.2) is 29.4 Å². The molecule has 6 nitrogen and oxygen atoms in total. The fourth-order valence-corrected chi connectivity index (χ4v) is 1.51. The Labute approximate surface area is 106 Å². The van der Waals surface area contributed by atoms with Crippen LogP contribution in [0.1, 0.15) is 20.3 Å². The van der Waals surface area contributed by atoms with Crippen LogP contribution >= 0.6 is 0 Å². The second-order valence-corrected chi connectivity index (χ2v) is 3.89. The van der Waals surface area contributed by atoms with Gasteiger partial charge in [-0.3, -0.25) is 4.79 Å². The van der Waals surface area contributed by atoms with Crippen LogP contribution < -0.4 is 16.4 Å². The van der Waals surface area contributed by atoms with Crippen molar-refractivity contribution in [1.29, 1.82) is 0 Å². The summed E-state index contributed by atoms with van der Waals surface area (Å²) in [6, 6.07) is 6.98. The molecule has 0 saturated carbocycles. The van der Waals surface area contributed by atoms with E-state index in [0.717, 1.165) is 11.4 Å². The van der Waals surface area contributed by atoms with Gasteiger partial charge in [-0.2, -0.15) is 0 Å². The van der Waals surface area contributed by atoms with Gasteiger partial charge in [0.25, 0.3) is 0 Å². The molecule has 98 valence electrons. The lowest BCUT2D eigenvalue weighted by Crippen LogP contribution is -2.35. The summed E-state index contributed by atoms with van der Waals surface area (Å²) < 4.78 is 0. The molecule has 5 N–H and O–H groups in total. The zero-order chi connectivity index (χ0) is 13.5. The first-order valence-corrected chi connectivity index (χ1v) is 5.68. The van der Waals surface area contributed by atoms with Gasteiger partial charge in [0.15, 0.2) is 5.84 Å². The molecule has 1 aromatic carbocycles. The Balaban J connectivity index is 2.70. The molecule has 0 saturated heterocycles. The highest BCUT2D eigenvalue weighted by Crippen LogP contribution is 2.15. The van der Waals surface area contributed by atoms with Crippen LogP contribution in [-0.4, -0.2) is 23.0 Å². The molecule has 6 heteroatoms. The maximum absolute atomic E-state index is 10.9. The van der Waals surface area contributed by atoms with Crippen molar-refractivity contribution in [3.63, 3.8) is 0 Å². The quantitative estimate of drug-likeness (QED) is 0.276. The van der Waals surface area contributed by atoms with Crippen LogP contribution in [0, 0.1) is 0 Å². The third-order valence-electron chi connectivity index (χ3n) is 2.43. The molecule has 0 aliphatic rings. The number of nitrogens with zero attached hydrogens (tertiary/aromatic N) is 1. The highest BCUT2D eigenvalue weighted by molar-refractivity contribution is 5.89. The SMILES string of the molecule is CCC(Nc1ccc(NC(C)=O)cc1)C(N)=NO. The van der Waals surface area contributed by atoms with E-state index in [2.05, 4.69) is 15.8 Å². The van der Waals surface area contributed by atoms with Gasteiger partial charge in [0.1, 0.15) is 0 Å². The maximum atomic E-state index is 10.9. The Morgan fingerprint density at radius 2 is 1.94 bits per heavy atom. The van der Waals surface area contributed by atoms with Gasteiger partial charge in [0.05, 0.1) is 6.04 Å². The Kier molecular flexibility index (Phi) is 4.98. The second kappa shape index (κ2) is 6.48. The van der Waals surface area contributed by atoms with E-state index in [-0.39, 0.29) is 17.8 Å². The highest BCUT2D eigenvalue weighted by Gasteiger charge is 2.10. The van der Waals surface area contributed by atoms with Gasteiger partial charge in [-0.15, -0.1) is 0 Å². The molecule has 0 bridgehead atoms. The van der Waals surface area contributed by atoms with Crippen molar-refractivity contribution >= 4 is 23.1 Å². The Hall–Kier alpha value is -2.24. The largest absolute Gasteiger partial charge is 0.409 e. The summed E-state index contributed by atoms with van der Waals surface area (Å²) in [6.07, 6.45) is 0.698. The van der Waals surface area contributed by atoms with Crippen LogP contribution in [0.5, 0.6) is 0 Å². The van der Waals surface area contributed by atoms with Crippen molar-refractivity contribution in [2.24, 2.45) is 10.9 Å². The molecule has 1 amide bonds. The highest BCUT2D eigenvalue weighted by atomic mass is 16.4. The van der Waals surface area contributed by atoms with Crippen molar-refractivity contribution < 1.29 is 10.0 Å². The number of nitrogens with two attached hydrogens (primary N) is 1. The van der Waals surface area contributed by atoms with E-state index in [4.69, 9.17) is 10.9 Å². The minimum atomic E-state index is -0.221. The van der Waals surface area contributed by atoms with E-state index in [1.807, 2.05) is 19.1 Å². The zero-order valence-electron chi connectivity index (χ0n) is 10.5. The zero-order valence-corrected chi connectivity index (χ0v) is 10.5. The number of carbonyl (C=O) groups excluding carboxylic acids is 1. The van der Waals surface area contributed by atoms with Crippen LogP contribution in [0.25, 0.3) is 0 Å². The molecule has 0 fully saturated rings. The molecule has 1 atom stereocenters. The number of nitrogens with one attached hydrogen (secondary N) is 2. The minimum Gasteiger partial charge on any atom is -0.409 e. The number of anilines is 2. The number of carbonyl (C=O) groups is 1. The first kappa shape index (κ1) is 13.8. The first-order chi connectivity index (χ1) is 8.56. The van der Waals surface area contributed by atoms with Crippen LogP contribution in [-0.2, 0) is 4.79 Å². The van der Waals surface area contributed by atoms with Crippen LogP contribution in [0.4, 0.5) is 11.4 Å². The van der Waals surface area contributed by atoms with Gasteiger partial charge < -0.3 is 21.6 Å². The summed E-state index contributed by atoms with van der Waals surface area (Å²) in [7, 11) is 0. The summed E-state index contributed by atoms with van der Waals surface area (Å²) in [4.78, 5) is 10.9. The number of hydrogen-bond donors (Lipinski definition) is 4. The van der Waals surface area contributed by atoms with Gasteiger partial charge in [-0.1, -0.05) is 12.1 Å². The Morgan fingerprint density at radius 3 is 2.39 bits per heavy atom. The van der Waals surface area contributed by atoms with E-state index in [9.17, 15) is 4.79 Å². The predicted molar refractivity (Wildman–Crippen MR) is 71.9 cm³/mol. The second-order valence-electron chi connectivity index (χ2n) is 3.89. The molecule has 0 aliphatic heterocycles. The van der Waals surface area contributed by atoms with E-state index in [0.29, 0.717) is 6.42 Å².